The number of hydrogen-bond acceptors (Lipinski definition) is 5. The molecule has 0 aliphatic carbocycles. The van der Waals surface area contributed by atoms with Crippen LogP contribution < -0.4 is 24.4 Å². The standard InChI is InChI=1S/C26H22N4O3S/c1-31-19-10-7-17(8-11-19)29-14-4-6-21(29)25-24(20-5-2-3-13-27-20)28-26(34)30(25)18-9-12-22-23(15-18)33-16-32-22/h2-15,24-25H,16H2,1H3,(H,28,34). The van der Waals surface area contributed by atoms with Crippen molar-refractivity contribution in [3.63, 3.8) is 0 Å². The third-order valence-corrected chi connectivity index (χ3v) is 6.48. The van der Waals surface area contributed by atoms with Gasteiger partial charge in [-0.05, 0) is 72.9 Å². The van der Waals surface area contributed by atoms with Gasteiger partial charge in [-0.3, -0.25) is 4.98 Å². The number of nitrogens with zero attached hydrogens (tertiary/aromatic N) is 3. The summed E-state index contributed by atoms with van der Waals surface area (Å²) in [5.74, 6) is 2.27. The molecule has 0 spiro atoms. The smallest absolute Gasteiger partial charge is 0.231 e. The van der Waals surface area contributed by atoms with Crippen LogP contribution in [0.25, 0.3) is 5.69 Å². The Bertz CT molecular complexity index is 1340. The summed E-state index contributed by atoms with van der Waals surface area (Å²) < 4.78 is 18.7. The van der Waals surface area contributed by atoms with Crippen molar-refractivity contribution < 1.29 is 14.2 Å². The SMILES string of the molecule is COc1ccc(-n2cccc2C2C(c3ccccn3)NC(=S)N2c2ccc3c(c2)OCO3)cc1. The maximum absolute atomic E-state index is 5.86. The average molecular weight is 471 g/mol. The second kappa shape index (κ2) is 8.39. The van der Waals surface area contributed by atoms with Gasteiger partial charge < -0.3 is 29.0 Å². The van der Waals surface area contributed by atoms with Crippen molar-refractivity contribution in [3.05, 3.63) is 96.6 Å². The number of pyridine rings is 1. The van der Waals surface area contributed by atoms with Gasteiger partial charge in [0.05, 0.1) is 18.8 Å². The average Bonchev–Trinajstić information content (AvgIpc) is 3.62. The molecule has 2 aliphatic rings. The first kappa shape index (κ1) is 20.6. The molecular formula is C26H22N4O3S. The van der Waals surface area contributed by atoms with Gasteiger partial charge >= 0.3 is 0 Å². The Kier molecular flexibility index (Phi) is 5.07. The molecule has 0 radical (unpaired) electrons. The quantitative estimate of drug-likeness (QED) is 0.421. The van der Waals surface area contributed by atoms with Gasteiger partial charge in [0.1, 0.15) is 11.8 Å². The largest absolute Gasteiger partial charge is 0.497 e. The van der Waals surface area contributed by atoms with E-state index in [4.69, 9.17) is 26.4 Å². The normalized spacial score (nSPS) is 18.7. The van der Waals surface area contributed by atoms with Crippen molar-refractivity contribution in [2.45, 2.75) is 12.1 Å². The van der Waals surface area contributed by atoms with Crippen molar-refractivity contribution >= 4 is 23.0 Å². The molecule has 170 valence electrons. The first-order valence-electron chi connectivity index (χ1n) is 10.9. The van der Waals surface area contributed by atoms with Gasteiger partial charge in [-0.1, -0.05) is 6.07 Å². The summed E-state index contributed by atoms with van der Waals surface area (Å²) in [5.41, 5.74) is 3.95. The third-order valence-electron chi connectivity index (χ3n) is 6.17. The molecule has 0 bridgehead atoms. The molecule has 2 atom stereocenters. The van der Waals surface area contributed by atoms with E-state index < -0.39 is 0 Å². The molecule has 1 saturated heterocycles. The fourth-order valence-electron chi connectivity index (χ4n) is 4.58. The van der Waals surface area contributed by atoms with E-state index in [-0.39, 0.29) is 18.9 Å². The van der Waals surface area contributed by atoms with Gasteiger partial charge in [0.25, 0.3) is 0 Å². The topological polar surface area (TPSA) is 60.8 Å². The maximum atomic E-state index is 5.86. The lowest BCUT2D eigenvalue weighted by atomic mass is 10.0. The van der Waals surface area contributed by atoms with Crippen LogP contribution in [-0.2, 0) is 0 Å². The van der Waals surface area contributed by atoms with Crippen LogP contribution in [0.15, 0.2) is 85.2 Å². The fraction of sp³-hybridized carbons (Fsp3) is 0.154. The van der Waals surface area contributed by atoms with Gasteiger partial charge in [-0.15, -0.1) is 0 Å². The van der Waals surface area contributed by atoms with Crippen LogP contribution in [0.3, 0.4) is 0 Å². The zero-order valence-electron chi connectivity index (χ0n) is 18.4. The Balaban J connectivity index is 1.48. The van der Waals surface area contributed by atoms with E-state index in [1.165, 1.54) is 0 Å². The molecule has 4 aromatic rings. The fourth-order valence-corrected chi connectivity index (χ4v) is 4.93. The summed E-state index contributed by atoms with van der Waals surface area (Å²) in [6.07, 6.45) is 3.87. The highest BCUT2D eigenvalue weighted by Crippen LogP contribution is 2.44. The number of aromatic nitrogens is 2. The van der Waals surface area contributed by atoms with E-state index in [1.807, 2.05) is 72.9 Å². The Morgan fingerprint density at radius 3 is 2.59 bits per heavy atom. The lowest BCUT2D eigenvalue weighted by Crippen LogP contribution is -2.30. The summed E-state index contributed by atoms with van der Waals surface area (Å²) >= 11 is 5.86. The molecule has 1 N–H and O–H groups in total. The van der Waals surface area contributed by atoms with E-state index in [1.54, 1.807) is 7.11 Å². The van der Waals surface area contributed by atoms with Crippen LogP contribution in [0.5, 0.6) is 17.2 Å². The second-order valence-corrected chi connectivity index (χ2v) is 8.42. The molecule has 1 fully saturated rings. The molecule has 4 heterocycles. The van der Waals surface area contributed by atoms with Gasteiger partial charge in [-0.2, -0.15) is 0 Å². The molecule has 2 aromatic heterocycles. The minimum atomic E-state index is -0.153. The molecule has 2 unspecified atom stereocenters. The van der Waals surface area contributed by atoms with Crippen LogP contribution in [0.4, 0.5) is 5.69 Å². The summed E-state index contributed by atoms with van der Waals surface area (Å²) in [6.45, 7) is 0.224. The van der Waals surface area contributed by atoms with Crippen molar-refractivity contribution in [2.75, 3.05) is 18.8 Å². The summed E-state index contributed by atoms with van der Waals surface area (Å²) in [7, 11) is 1.67. The minimum absolute atomic E-state index is 0.147. The highest BCUT2D eigenvalue weighted by atomic mass is 32.1. The lowest BCUT2D eigenvalue weighted by Gasteiger charge is -2.29. The van der Waals surface area contributed by atoms with Crippen LogP contribution >= 0.6 is 12.2 Å². The number of fused-ring (bicyclic) bond motifs is 1. The Labute approximate surface area is 202 Å². The predicted molar refractivity (Wildman–Crippen MR) is 133 cm³/mol. The number of ether oxygens (including phenoxy) is 3. The highest BCUT2D eigenvalue weighted by molar-refractivity contribution is 7.80. The zero-order valence-corrected chi connectivity index (χ0v) is 19.2. The number of hydrogen-bond donors (Lipinski definition) is 1. The highest BCUT2D eigenvalue weighted by Gasteiger charge is 2.42. The minimum Gasteiger partial charge on any atom is -0.497 e. The predicted octanol–water partition coefficient (Wildman–Crippen LogP) is 4.79. The van der Waals surface area contributed by atoms with Crippen LogP contribution in [0.2, 0.25) is 0 Å². The maximum Gasteiger partial charge on any atom is 0.231 e. The zero-order chi connectivity index (χ0) is 23.1. The number of rotatable bonds is 5. The first-order valence-corrected chi connectivity index (χ1v) is 11.4. The van der Waals surface area contributed by atoms with Gasteiger partial charge in [0.2, 0.25) is 6.79 Å². The third kappa shape index (κ3) is 3.43. The molecule has 7 nitrogen and oxygen atoms in total. The Hall–Kier alpha value is -4.04. The van der Waals surface area contributed by atoms with Gasteiger partial charge in [0, 0.05) is 35.5 Å². The van der Waals surface area contributed by atoms with Crippen molar-refractivity contribution in [3.8, 4) is 22.9 Å². The number of benzene rings is 2. The second-order valence-electron chi connectivity index (χ2n) is 8.04. The first-order chi connectivity index (χ1) is 16.7. The van der Waals surface area contributed by atoms with E-state index in [0.717, 1.165) is 34.3 Å². The van der Waals surface area contributed by atoms with E-state index >= 15 is 0 Å². The molecule has 2 aromatic carbocycles. The van der Waals surface area contributed by atoms with Gasteiger partial charge in [0.15, 0.2) is 16.6 Å². The van der Waals surface area contributed by atoms with E-state index in [2.05, 4.69) is 32.0 Å². The number of nitrogens with one attached hydrogen (secondary N) is 1. The number of anilines is 1. The van der Waals surface area contributed by atoms with Crippen LogP contribution in [-0.4, -0.2) is 28.6 Å². The van der Waals surface area contributed by atoms with E-state index in [0.29, 0.717) is 10.9 Å². The molecule has 6 rings (SSSR count). The molecule has 0 amide bonds. The Morgan fingerprint density at radius 2 is 1.79 bits per heavy atom. The Morgan fingerprint density at radius 1 is 0.971 bits per heavy atom. The van der Waals surface area contributed by atoms with E-state index in [9.17, 15) is 0 Å². The summed E-state index contributed by atoms with van der Waals surface area (Å²) in [4.78, 5) is 6.78. The lowest BCUT2D eigenvalue weighted by molar-refractivity contribution is 0.174. The summed E-state index contributed by atoms with van der Waals surface area (Å²) in [5, 5.41) is 4.14. The number of thiocarbonyl (C=S) groups is 1. The number of methoxy groups -OCH3 is 1. The molecular weight excluding hydrogens is 448 g/mol. The monoisotopic (exact) mass is 470 g/mol. The molecule has 34 heavy (non-hydrogen) atoms. The molecule has 2 aliphatic heterocycles. The van der Waals surface area contributed by atoms with Crippen LogP contribution in [0, 0.1) is 0 Å². The summed E-state index contributed by atoms with van der Waals surface area (Å²) in [6, 6.07) is 23.7. The van der Waals surface area contributed by atoms with Gasteiger partial charge in [-0.25, -0.2) is 0 Å². The van der Waals surface area contributed by atoms with Crippen LogP contribution in [0.1, 0.15) is 23.5 Å². The van der Waals surface area contributed by atoms with Crippen molar-refractivity contribution in [2.24, 2.45) is 0 Å². The van der Waals surface area contributed by atoms with Crippen molar-refractivity contribution in [1.29, 1.82) is 0 Å². The molecule has 8 heteroatoms. The van der Waals surface area contributed by atoms with Crippen molar-refractivity contribution in [1.82, 2.24) is 14.9 Å². The molecule has 0 saturated carbocycles.